The summed E-state index contributed by atoms with van der Waals surface area (Å²) in [5.74, 6) is 0. The molecule has 0 amide bonds. The summed E-state index contributed by atoms with van der Waals surface area (Å²) < 4.78 is 37.2. The first-order valence-electron chi connectivity index (χ1n) is 5.17. The van der Waals surface area contributed by atoms with Gasteiger partial charge in [0.2, 0.25) is 0 Å². The topological polar surface area (TPSA) is 42.7 Å². The van der Waals surface area contributed by atoms with Gasteiger partial charge in [0.25, 0.3) is 0 Å². The molecule has 4 nitrogen and oxygen atoms in total. The molecule has 2 aromatic heterocycles. The molecule has 8 heteroatoms. The van der Waals surface area contributed by atoms with Crippen LogP contribution in [0.4, 0.5) is 18.9 Å². The van der Waals surface area contributed by atoms with Gasteiger partial charge >= 0.3 is 6.18 Å². The smallest absolute Gasteiger partial charge is 0.378 e. The largest absolute Gasteiger partial charge is 0.408 e. The molecule has 0 aliphatic carbocycles. The number of anilines is 1. The van der Waals surface area contributed by atoms with E-state index in [1.807, 2.05) is 6.92 Å². The van der Waals surface area contributed by atoms with E-state index in [0.717, 1.165) is 14.6 Å². The number of hydrogen-bond donors (Lipinski definition) is 1. The van der Waals surface area contributed by atoms with Crippen molar-refractivity contribution in [1.29, 1.82) is 0 Å². The molecular weight excluding hydrogens is 265 g/mol. The van der Waals surface area contributed by atoms with Crippen molar-refractivity contribution in [1.82, 2.24) is 14.8 Å². The molecule has 0 saturated carbocycles. The molecule has 0 aromatic carbocycles. The van der Waals surface area contributed by atoms with Crippen LogP contribution < -0.4 is 5.32 Å². The highest BCUT2D eigenvalue weighted by Crippen LogP contribution is 2.19. The monoisotopic (exact) mass is 276 g/mol. The summed E-state index contributed by atoms with van der Waals surface area (Å²) in [4.78, 5) is 5.12. The lowest BCUT2D eigenvalue weighted by Crippen LogP contribution is -2.17. The lowest BCUT2D eigenvalue weighted by molar-refractivity contribution is -0.142. The number of hydrogen-bond acceptors (Lipinski definition) is 4. The Morgan fingerprint density at radius 2 is 2.17 bits per heavy atom. The standard InChI is InChI=1S/C10H11F3N4S/c1-7-14-3-9(18-7)4-15-8-2-16-17(5-8)6-10(11,12)13/h2-3,5,15H,4,6H2,1H3. The van der Waals surface area contributed by atoms with Gasteiger partial charge in [-0.15, -0.1) is 11.3 Å². The van der Waals surface area contributed by atoms with E-state index in [2.05, 4.69) is 15.4 Å². The average molecular weight is 276 g/mol. The lowest BCUT2D eigenvalue weighted by atomic mass is 10.5. The summed E-state index contributed by atoms with van der Waals surface area (Å²) in [5.41, 5.74) is 0.560. The zero-order valence-corrected chi connectivity index (χ0v) is 10.3. The predicted molar refractivity (Wildman–Crippen MR) is 62.5 cm³/mol. The van der Waals surface area contributed by atoms with Crippen LogP contribution in [0.2, 0.25) is 0 Å². The molecule has 2 aromatic rings. The first kappa shape index (κ1) is 12.9. The molecule has 0 bridgehead atoms. The van der Waals surface area contributed by atoms with Crippen molar-refractivity contribution in [3.05, 3.63) is 28.5 Å². The van der Waals surface area contributed by atoms with Gasteiger partial charge in [-0.05, 0) is 6.92 Å². The summed E-state index contributed by atoms with van der Waals surface area (Å²) >= 11 is 1.54. The van der Waals surface area contributed by atoms with Crippen LogP contribution in [-0.4, -0.2) is 20.9 Å². The molecule has 0 fully saturated rings. The Balaban J connectivity index is 1.91. The molecule has 0 saturated heterocycles. The summed E-state index contributed by atoms with van der Waals surface area (Å²) in [6, 6.07) is 0. The van der Waals surface area contributed by atoms with Crippen LogP contribution in [0.25, 0.3) is 0 Å². The van der Waals surface area contributed by atoms with Gasteiger partial charge in [0.1, 0.15) is 6.54 Å². The number of nitrogens with zero attached hydrogens (tertiary/aromatic N) is 3. The fraction of sp³-hybridized carbons (Fsp3) is 0.400. The third kappa shape index (κ3) is 3.73. The third-order valence-corrected chi connectivity index (χ3v) is 3.02. The Labute approximate surface area is 105 Å². The molecule has 0 atom stereocenters. The minimum atomic E-state index is -4.25. The number of aromatic nitrogens is 3. The molecule has 0 aliphatic heterocycles. The highest BCUT2D eigenvalue weighted by molar-refractivity contribution is 7.11. The van der Waals surface area contributed by atoms with E-state index in [-0.39, 0.29) is 0 Å². The number of thiazole rings is 1. The van der Waals surface area contributed by atoms with Crippen molar-refractivity contribution in [3.63, 3.8) is 0 Å². The van der Waals surface area contributed by atoms with E-state index < -0.39 is 12.7 Å². The molecule has 98 valence electrons. The number of alkyl halides is 3. The Hall–Kier alpha value is -1.57. The molecular formula is C10H11F3N4S. The van der Waals surface area contributed by atoms with Crippen LogP contribution in [0.15, 0.2) is 18.6 Å². The molecule has 1 N–H and O–H groups in total. The average Bonchev–Trinajstić information content (AvgIpc) is 2.82. The van der Waals surface area contributed by atoms with Crippen LogP contribution in [0.1, 0.15) is 9.88 Å². The SMILES string of the molecule is Cc1ncc(CNc2cnn(CC(F)(F)F)c2)s1. The second-order valence-electron chi connectivity index (χ2n) is 3.74. The van der Waals surface area contributed by atoms with Crippen LogP contribution in [0.5, 0.6) is 0 Å². The van der Waals surface area contributed by atoms with Crippen LogP contribution in [0, 0.1) is 6.92 Å². The summed E-state index contributed by atoms with van der Waals surface area (Å²) in [6.45, 7) is 1.35. The quantitative estimate of drug-likeness (QED) is 0.933. The Morgan fingerprint density at radius 1 is 1.39 bits per heavy atom. The lowest BCUT2D eigenvalue weighted by Gasteiger charge is -2.05. The van der Waals surface area contributed by atoms with E-state index in [9.17, 15) is 13.2 Å². The highest BCUT2D eigenvalue weighted by atomic mass is 32.1. The molecule has 18 heavy (non-hydrogen) atoms. The number of rotatable bonds is 4. The number of halogens is 3. The summed E-state index contributed by atoms with van der Waals surface area (Å²) in [5, 5.41) is 7.60. The van der Waals surface area contributed by atoms with Gasteiger partial charge in [0.15, 0.2) is 0 Å². The van der Waals surface area contributed by atoms with Gasteiger partial charge in [-0.2, -0.15) is 18.3 Å². The van der Waals surface area contributed by atoms with Crippen molar-refractivity contribution in [2.45, 2.75) is 26.2 Å². The van der Waals surface area contributed by atoms with Gasteiger partial charge in [0.05, 0.1) is 23.4 Å². The van der Waals surface area contributed by atoms with Gasteiger partial charge in [-0.3, -0.25) is 4.68 Å². The Kier molecular flexibility index (Phi) is 3.55. The van der Waals surface area contributed by atoms with Crippen molar-refractivity contribution in [2.75, 3.05) is 5.32 Å². The van der Waals surface area contributed by atoms with Gasteiger partial charge in [0, 0.05) is 17.3 Å². The molecule has 2 heterocycles. The minimum Gasteiger partial charge on any atom is -0.378 e. The van der Waals surface area contributed by atoms with Crippen molar-refractivity contribution >= 4 is 17.0 Å². The van der Waals surface area contributed by atoms with Gasteiger partial charge in [-0.25, -0.2) is 4.98 Å². The van der Waals surface area contributed by atoms with Crippen LogP contribution in [0.3, 0.4) is 0 Å². The van der Waals surface area contributed by atoms with Gasteiger partial charge in [-0.1, -0.05) is 0 Å². The Morgan fingerprint density at radius 3 is 2.78 bits per heavy atom. The zero-order valence-electron chi connectivity index (χ0n) is 9.53. The molecule has 0 unspecified atom stereocenters. The summed E-state index contributed by atoms with van der Waals surface area (Å²) in [6.07, 6.45) is 0.201. The van der Waals surface area contributed by atoms with Crippen molar-refractivity contribution in [2.24, 2.45) is 0 Å². The maximum Gasteiger partial charge on any atom is 0.408 e. The maximum atomic E-state index is 12.1. The first-order valence-corrected chi connectivity index (χ1v) is 5.98. The molecule has 2 rings (SSSR count). The fourth-order valence-electron chi connectivity index (χ4n) is 1.40. The van der Waals surface area contributed by atoms with E-state index in [0.29, 0.717) is 12.2 Å². The normalized spacial score (nSPS) is 11.8. The molecule has 0 spiro atoms. The molecule has 0 aliphatic rings. The summed E-state index contributed by atoms with van der Waals surface area (Å²) in [7, 11) is 0. The van der Waals surface area contributed by atoms with E-state index in [1.165, 1.54) is 12.4 Å². The maximum absolute atomic E-state index is 12.1. The Bertz CT molecular complexity index is 517. The van der Waals surface area contributed by atoms with Crippen LogP contribution in [-0.2, 0) is 13.1 Å². The minimum absolute atomic E-state index is 0.531. The number of nitrogens with one attached hydrogen (secondary N) is 1. The fourth-order valence-corrected chi connectivity index (χ4v) is 2.14. The predicted octanol–water partition coefficient (Wildman–Crippen LogP) is 2.82. The first-order chi connectivity index (χ1) is 8.42. The van der Waals surface area contributed by atoms with E-state index in [1.54, 1.807) is 17.5 Å². The second-order valence-corrected chi connectivity index (χ2v) is 5.06. The van der Waals surface area contributed by atoms with E-state index >= 15 is 0 Å². The van der Waals surface area contributed by atoms with Crippen molar-refractivity contribution < 1.29 is 13.2 Å². The van der Waals surface area contributed by atoms with Gasteiger partial charge < -0.3 is 5.32 Å². The van der Waals surface area contributed by atoms with Crippen LogP contribution >= 0.6 is 11.3 Å². The van der Waals surface area contributed by atoms with Crippen molar-refractivity contribution in [3.8, 4) is 0 Å². The zero-order chi connectivity index (χ0) is 13.2. The highest BCUT2D eigenvalue weighted by Gasteiger charge is 2.28. The third-order valence-electron chi connectivity index (χ3n) is 2.11. The molecule has 0 radical (unpaired) electrons. The number of aryl methyl sites for hydroxylation is 1. The van der Waals surface area contributed by atoms with E-state index in [4.69, 9.17) is 0 Å². The second kappa shape index (κ2) is 4.97.